The van der Waals surface area contributed by atoms with E-state index in [4.69, 9.17) is 10.8 Å². The Kier molecular flexibility index (Phi) is 10.4. The van der Waals surface area contributed by atoms with Crippen molar-refractivity contribution in [2.24, 2.45) is 5.73 Å². The predicted molar refractivity (Wildman–Crippen MR) is 133 cm³/mol. The molecule has 8 N–H and O–H groups in total. The number of aliphatic carboxylic acids is 2. The van der Waals surface area contributed by atoms with Crippen molar-refractivity contribution in [3.63, 3.8) is 0 Å². The monoisotopic (exact) mass is 525 g/mol. The Morgan fingerprint density at radius 2 is 1.46 bits per heavy atom. The molecule has 0 spiro atoms. The molecule has 0 fully saturated rings. The SMILES string of the molecule is NC(Cc1c[nH]c2ccccc12)C(=O)NC(CC(=O)O)C(=O)NC(CS)C(=O)NC(CS)C(=O)O. The van der Waals surface area contributed by atoms with Gasteiger partial charge in [0.2, 0.25) is 17.7 Å². The van der Waals surface area contributed by atoms with Gasteiger partial charge in [-0.25, -0.2) is 4.79 Å². The zero-order valence-electron chi connectivity index (χ0n) is 18.4. The number of para-hydroxylation sites is 1. The zero-order valence-corrected chi connectivity index (χ0v) is 20.2. The number of aromatic amines is 1. The highest BCUT2D eigenvalue weighted by Gasteiger charge is 2.30. The van der Waals surface area contributed by atoms with Crippen molar-refractivity contribution in [3.05, 3.63) is 36.0 Å². The van der Waals surface area contributed by atoms with Crippen LogP contribution in [0.2, 0.25) is 0 Å². The summed E-state index contributed by atoms with van der Waals surface area (Å²) in [6, 6.07) is 2.18. The van der Waals surface area contributed by atoms with Gasteiger partial charge in [-0.15, -0.1) is 0 Å². The number of carboxylic acid groups (broad SMARTS) is 2. The zero-order chi connectivity index (χ0) is 26.1. The van der Waals surface area contributed by atoms with Crippen molar-refractivity contribution in [1.82, 2.24) is 20.9 Å². The van der Waals surface area contributed by atoms with Crippen molar-refractivity contribution < 1.29 is 34.2 Å². The van der Waals surface area contributed by atoms with Crippen molar-refractivity contribution in [2.75, 3.05) is 11.5 Å². The van der Waals surface area contributed by atoms with Crippen LogP contribution in [-0.2, 0) is 30.4 Å². The molecule has 1 heterocycles. The number of carboxylic acids is 2. The lowest BCUT2D eigenvalue weighted by molar-refractivity contribution is -0.142. The lowest BCUT2D eigenvalue weighted by Gasteiger charge is -2.23. The molecule has 0 saturated heterocycles. The number of amides is 3. The van der Waals surface area contributed by atoms with E-state index in [9.17, 15) is 29.1 Å². The van der Waals surface area contributed by atoms with Crippen molar-refractivity contribution in [2.45, 2.75) is 37.0 Å². The summed E-state index contributed by atoms with van der Waals surface area (Å²) in [6.07, 6.45) is 1.07. The quantitative estimate of drug-likeness (QED) is 0.147. The van der Waals surface area contributed by atoms with Crippen LogP contribution in [0, 0.1) is 0 Å². The van der Waals surface area contributed by atoms with E-state index < -0.39 is 60.2 Å². The smallest absolute Gasteiger partial charge is 0.327 e. The fraction of sp³-hybridized carbons (Fsp3) is 0.381. The van der Waals surface area contributed by atoms with E-state index in [0.717, 1.165) is 16.5 Å². The fourth-order valence-electron chi connectivity index (χ4n) is 3.22. The Balaban J connectivity index is 2.06. The predicted octanol–water partition coefficient (Wildman–Crippen LogP) is -1.09. The second-order valence-corrected chi connectivity index (χ2v) is 8.39. The van der Waals surface area contributed by atoms with Crippen LogP contribution in [0.4, 0.5) is 0 Å². The van der Waals surface area contributed by atoms with E-state index >= 15 is 0 Å². The van der Waals surface area contributed by atoms with Crippen LogP contribution < -0.4 is 21.7 Å². The van der Waals surface area contributed by atoms with E-state index in [1.807, 2.05) is 24.3 Å². The summed E-state index contributed by atoms with van der Waals surface area (Å²) in [5.41, 5.74) is 7.64. The minimum atomic E-state index is -1.54. The number of rotatable bonds is 13. The highest BCUT2D eigenvalue weighted by atomic mass is 32.1. The summed E-state index contributed by atoms with van der Waals surface area (Å²) < 4.78 is 0. The van der Waals surface area contributed by atoms with Crippen LogP contribution in [0.5, 0.6) is 0 Å². The molecule has 0 saturated carbocycles. The topological polar surface area (TPSA) is 204 Å². The van der Waals surface area contributed by atoms with Crippen LogP contribution in [0.15, 0.2) is 30.5 Å². The maximum atomic E-state index is 12.7. The van der Waals surface area contributed by atoms with Crippen LogP contribution >= 0.6 is 25.3 Å². The Morgan fingerprint density at radius 3 is 2.06 bits per heavy atom. The molecule has 190 valence electrons. The molecule has 14 heteroatoms. The van der Waals surface area contributed by atoms with Gasteiger partial charge in [0, 0.05) is 28.6 Å². The average Bonchev–Trinajstić information content (AvgIpc) is 3.22. The van der Waals surface area contributed by atoms with E-state index in [0.29, 0.717) is 0 Å². The second-order valence-electron chi connectivity index (χ2n) is 7.65. The molecule has 0 aliphatic carbocycles. The first-order valence-electron chi connectivity index (χ1n) is 10.4. The van der Waals surface area contributed by atoms with Gasteiger partial charge < -0.3 is 36.9 Å². The molecule has 0 aliphatic heterocycles. The molecule has 0 radical (unpaired) electrons. The Hall–Kier alpha value is -3.23. The highest BCUT2D eigenvalue weighted by molar-refractivity contribution is 7.80. The van der Waals surface area contributed by atoms with Gasteiger partial charge in [-0.3, -0.25) is 19.2 Å². The van der Waals surface area contributed by atoms with Gasteiger partial charge >= 0.3 is 11.9 Å². The maximum absolute atomic E-state index is 12.7. The first kappa shape index (κ1) is 28.0. The summed E-state index contributed by atoms with van der Waals surface area (Å²) in [5, 5.41) is 25.9. The van der Waals surface area contributed by atoms with Gasteiger partial charge in [-0.1, -0.05) is 18.2 Å². The number of hydrogen-bond acceptors (Lipinski definition) is 8. The van der Waals surface area contributed by atoms with Gasteiger partial charge in [-0.05, 0) is 18.1 Å². The molecule has 3 amide bonds. The molecule has 2 aromatic rings. The van der Waals surface area contributed by atoms with E-state index in [-0.39, 0.29) is 17.9 Å². The van der Waals surface area contributed by atoms with Crippen LogP contribution in [0.3, 0.4) is 0 Å². The highest BCUT2D eigenvalue weighted by Crippen LogP contribution is 2.18. The van der Waals surface area contributed by atoms with Gasteiger partial charge in [0.15, 0.2) is 0 Å². The molecule has 1 aromatic heterocycles. The number of nitrogens with two attached hydrogens (primary N) is 1. The van der Waals surface area contributed by atoms with Crippen molar-refractivity contribution >= 4 is 65.8 Å². The molecular formula is C21H27N5O7S2. The van der Waals surface area contributed by atoms with E-state index in [2.05, 4.69) is 46.2 Å². The number of hydrogen-bond donors (Lipinski definition) is 9. The molecular weight excluding hydrogens is 498 g/mol. The summed E-state index contributed by atoms with van der Waals surface area (Å²) in [4.78, 5) is 63.2. The van der Waals surface area contributed by atoms with E-state index in [1.165, 1.54) is 0 Å². The summed E-state index contributed by atoms with van der Waals surface area (Å²) >= 11 is 7.83. The Labute approximate surface area is 211 Å². The maximum Gasteiger partial charge on any atom is 0.327 e. The number of benzene rings is 1. The standard InChI is InChI=1S/C21H27N5O7S2/c22-12(5-10-7-23-13-4-2-1-3-11(10)13)18(29)24-14(6-17(27)28)19(30)25-15(8-34)20(31)26-16(9-35)21(32)33/h1-4,7,12,14-16,23,34-35H,5-6,8-9,22H2,(H,24,29)(H,25,30)(H,26,31)(H,27,28)(H,32,33). The largest absolute Gasteiger partial charge is 0.481 e. The third kappa shape index (κ3) is 7.90. The first-order valence-corrected chi connectivity index (χ1v) is 11.7. The average molecular weight is 526 g/mol. The summed E-state index contributed by atoms with van der Waals surface area (Å²) in [6.45, 7) is 0. The van der Waals surface area contributed by atoms with Gasteiger partial charge in [0.25, 0.3) is 0 Å². The fourth-order valence-corrected chi connectivity index (χ4v) is 3.72. The molecule has 1 aromatic carbocycles. The molecule has 0 aliphatic rings. The Bertz CT molecular complexity index is 1090. The van der Waals surface area contributed by atoms with Crippen molar-refractivity contribution in [3.8, 4) is 0 Å². The second kappa shape index (κ2) is 13.0. The molecule has 35 heavy (non-hydrogen) atoms. The third-order valence-corrected chi connectivity index (χ3v) is 5.81. The third-order valence-electron chi connectivity index (χ3n) is 5.08. The lowest BCUT2D eigenvalue weighted by Crippen LogP contribution is -2.58. The number of aromatic nitrogens is 1. The minimum Gasteiger partial charge on any atom is -0.481 e. The van der Waals surface area contributed by atoms with Crippen molar-refractivity contribution in [1.29, 1.82) is 0 Å². The summed E-state index contributed by atoms with van der Waals surface area (Å²) in [7, 11) is 0. The van der Waals surface area contributed by atoms with Crippen LogP contribution in [0.1, 0.15) is 12.0 Å². The first-order chi connectivity index (χ1) is 16.6. The number of nitrogens with one attached hydrogen (secondary N) is 4. The molecule has 0 bridgehead atoms. The van der Waals surface area contributed by atoms with Crippen LogP contribution in [0.25, 0.3) is 10.9 Å². The van der Waals surface area contributed by atoms with Gasteiger partial charge in [0.1, 0.15) is 18.1 Å². The minimum absolute atomic E-state index is 0.124. The number of carbonyl (C=O) groups is 5. The lowest BCUT2D eigenvalue weighted by atomic mass is 10.0. The molecule has 4 atom stereocenters. The van der Waals surface area contributed by atoms with Gasteiger partial charge in [0.05, 0.1) is 12.5 Å². The number of H-pyrrole nitrogens is 1. The number of fused-ring (bicyclic) bond motifs is 1. The summed E-state index contributed by atoms with van der Waals surface area (Å²) in [5.74, 6) is -5.69. The molecule has 12 nitrogen and oxygen atoms in total. The molecule has 4 unspecified atom stereocenters. The normalized spacial score (nSPS) is 14.4. The molecule has 2 rings (SSSR count). The van der Waals surface area contributed by atoms with E-state index in [1.54, 1.807) is 6.20 Å². The number of thiol groups is 2. The Morgan fingerprint density at radius 1 is 0.886 bits per heavy atom. The number of carbonyl (C=O) groups excluding carboxylic acids is 3. The van der Waals surface area contributed by atoms with Crippen LogP contribution in [-0.4, -0.2) is 80.5 Å². The van der Waals surface area contributed by atoms with Gasteiger partial charge in [-0.2, -0.15) is 25.3 Å².